The van der Waals surface area contributed by atoms with Crippen LogP contribution < -0.4 is 4.18 Å². The van der Waals surface area contributed by atoms with Crippen molar-refractivity contribution in [2.45, 2.75) is 11.3 Å². The van der Waals surface area contributed by atoms with Crippen LogP contribution in [0.2, 0.25) is 0 Å². The molecule has 116 valence electrons. The van der Waals surface area contributed by atoms with Crippen LogP contribution in [0.4, 0.5) is 4.39 Å². The molecule has 0 spiro atoms. The van der Waals surface area contributed by atoms with E-state index in [2.05, 4.69) is 4.74 Å². The third-order valence-electron chi connectivity index (χ3n) is 2.79. The molecule has 0 radical (unpaired) electrons. The van der Waals surface area contributed by atoms with Crippen molar-refractivity contribution in [1.29, 1.82) is 0 Å². The Kier molecular flexibility index (Phi) is 4.77. The largest absolute Gasteiger partial charge is 0.469 e. The van der Waals surface area contributed by atoms with Gasteiger partial charge in [-0.2, -0.15) is 8.42 Å². The Morgan fingerprint density at radius 2 is 1.82 bits per heavy atom. The molecule has 0 saturated heterocycles. The number of carbonyl (C=O) groups is 1. The van der Waals surface area contributed by atoms with Gasteiger partial charge >= 0.3 is 16.1 Å². The molecular formula is C15H13FO5S. The topological polar surface area (TPSA) is 69.7 Å². The van der Waals surface area contributed by atoms with Crippen LogP contribution in [0.25, 0.3) is 0 Å². The zero-order chi connectivity index (χ0) is 16.2. The van der Waals surface area contributed by atoms with Crippen LogP contribution in [0.15, 0.2) is 53.4 Å². The van der Waals surface area contributed by atoms with E-state index < -0.39 is 21.9 Å². The summed E-state index contributed by atoms with van der Waals surface area (Å²) in [4.78, 5) is 10.9. The van der Waals surface area contributed by atoms with Gasteiger partial charge in [-0.15, -0.1) is 0 Å². The highest BCUT2D eigenvalue weighted by Crippen LogP contribution is 2.20. The summed E-state index contributed by atoms with van der Waals surface area (Å²) in [6.45, 7) is 0. The first kappa shape index (κ1) is 16.0. The second-order valence-electron chi connectivity index (χ2n) is 4.39. The maximum atomic E-state index is 13.1. The molecule has 0 saturated carbocycles. The van der Waals surface area contributed by atoms with Gasteiger partial charge in [0.25, 0.3) is 0 Å². The molecule has 5 nitrogen and oxygen atoms in total. The lowest BCUT2D eigenvalue weighted by Crippen LogP contribution is -2.10. The zero-order valence-electron chi connectivity index (χ0n) is 11.7. The maximum absolute atomic E-state index is 13.1. The Balaban J connectivity index is 2.15. The molecular weight excluding hydrogens is 311 g/mol. The second kappa shape index (κ2) is 6.57. The van der Waals surface area contributed by atoms with Gasteiger partial charge in [0.05, 0.1) is 13.5 Å². The van der Waals surface area contributed by atoms with Gasteiger partial charge in [-0.1, -0.05) is 18.2 Å². The predicted octanol–water partition coefficient (Wildman–Crippen LogP) is 2.31. The van der Waals surface area contributed by atoms with Gasteiger partial charge in [-0.25, -0.2) is 4.39 Å². The molecule has 2 rings (SSSR count). The van der Waals surface area contributed by atoms with Crippen molar-refractivity contribution >= 4 is 16.1 Å². The predicted molar refractivity (Wildman–Crippen MR) is 76.4 cm³/mol. The highest BCUT2D eigenvalue weighted by atomic mass is 32.2. The van der Waals surface area contributed by atoms with Crippen LogP contribution in [0.1, 0.15) is 5.56 Å². The highest BCUT2D eigenvalue weighted by molar-refractivity contribution is 7.87. The van der Waals surface area contributed by atoms with Gasteiger partial charge in [0.1, 0.15) is 16.5 Å². The number of methoxy groups -OCH3 is 1. The molecule has 0 N–H and O–H groups in total. The zero-order valence-corrected chi connectivity index (χ0v) is 12.5. The summed E-state index contributed by atoms with van der Waals surface area (Å²) in [6, 6.07) is 10.5. The summed E-state index contributed by atoms with van der Waals surface area (Å²) in [5, 5.41) is 0. The third kappa shape index (κ3) is 4.05. The minimum absolute atomic E-state index is 0.0675. The minimum atomic E-state index is -4.11. The summed E-state index contributed by atoms with van der Waals surface area (Å²) in [6.07, 6.45) is 0.0768. The monoisotopic (exact) mass is 324 g/mol. The molecule has 0 amide bonds. The normalized spacial score (nSPS) is 11.0. The fraction of sp³-hybridized carbons (Fsp3) is 0.133. The number of hydrogen-bond acceptors (Lipinski definition) is 5. The Labute approximate surface area is 127 Å². The van der Waals surface area contributed by atoms with E-state index in [-0.39, 0.29) is 17.1 Å². The SMILES string of the molecule is COC(=O)Cc1ccc(OS(=O)(=O)c2cccc(F)c2)cc1. The van der Waals surface area contributed by atoms with Crippen LogP contribution in [-0.2, 0) is 26.1 Å². The van der Waals surface area contributed by atoms with Crippen molar-refractivity contribution < 1.29 is 26.5 Å². The van der Waals surface area contributed by atoms with E-state index in [1.165, 1.54) is 31.4 Å². The molecule has 22 heavy (non-hydrogen) atoms. The minimum Gasteiger partial charge on any atom is -0.469 e. The Hall–Kier alpha value is -2.41. The fourth-order valence-corrected chi connectivity index (χ4v) is 2.66. The molecule has 0 fully saturated rings. The number of halogens is 1. The number of rotatable bonds is 5. The maximum Gasteiger partial charge on any atom is 0.339 e. The Bertz CT molecular complexity index is 769. The number of ether oxygens (including phenoxy) is 1. The van der Waals surface area contributed by atoms with Crippen LogP contribution in [0.3, 0.4) is 0 Å². The molecule has 0 aliphatic carbocycles. The summed E-state index contributed by atoms with van der Waals surface area (Å²) in [5.74, 6) is -1.00. The van der Waals surface area contributed by atoms with Crippen molar-refractivity contribution in [3.05, 3.63) is 59.9 Å². The lowest BCUT2D eigenvalue weighted by Gasteiger charge is -2.07. The molecule has 0 unspecified atom stereocenters. The van der Waals surface area contributed by atoms with E-state index in [9.17, 15) is 17.6 Å². The number of benzene rings is 2. The first-order chi connectivity index (χ1) is 10.4. The van der Waals surface area contributed by atoms with Gasteiger partial charge < -0.3 is 8.92 Å². The summed E-state index contributed by atoms with van der Waals surface area (Å²) in [7, 11) is -2.82. The first-order valence-electron chi connectivity index (χ1n) is 6.26. The molecule has 0 heterocycles. The van der Waals surface area contributed by atoms with Gasteiger partial charge in [0.15, 0.2) is 0 Å². The van der Waals surface area contributed by atoms with Crippen LogP contribution in [-0.4, -0.2) is 21.5 Å². The second-order valence-corrected chi connectivity index (χ2v) is 5.94. The average molecular weight is 324 g/mol. The van der Waals surface area contributed by atoms with Gasteiger partial charge in [0, 0.05) is 0 Å². The number of esters is 1. The Morgan fingerprint density at radius 3 is 2.41 bits per heavy atom. The molecule has 2 aromatic rings. The highest BCUT2D eigenvalue weighted by Gasteiger charge is 2.17. The standard InChI is InChI=1S/C15H13FO5S/c1-20-15(17)9-11-5-7-13(8-6-11)21-22(18,19)14-4-2-3-12(16)10-14/h2-8,10H,9H2,1H3. The van der Waals surface area contributed by atoms with E-state index in [0.29, 0.717) is 5.56 Å². The van der Waals surface area contributed by atoms with E-state index in [1.54, 1.807) is 12.1 Å². The van der Waals surface area contributed by atoms with Crippen molar-refractivity contribution in [2.75, 3.05) is 7.11 Å². The molecule has 0 aromatic heterocycles. The van der Waals surface area contributed by atoms with Crippen LogP contribution >= 0.6 is 0 Å². The van der Waals surface area contributed by atoms with E-state index >= 15 is 0 Å². The fourth-order valence-electron chi connectivity index (χ4n) is 1.70. The number of hydrogen-bond donors (Lipinski definition) is 0. The average Bonchev–Trinajstić information content (AvgIpc) is 2.49. The van der Waals surface area contributed by atoms with Crippen molar-refractivity contribution in [3.8, 4) is 5.75 Å². The molecule has 0 atom stereocenters. The molecule has 0 bridgehead atoms. The molecule has 0 aliphatic heterocycles. The number of carbonyl (C=O) groups excluding carboxylic acids is 1. The van der Waals surface area contributed by atoms with Crippen molar-refractivity contribution in [3.63, 3.8) is 0 Å². The lowest BCUT2D eigenvalue weighted by molar-refractivity contribution is -0.139. The molecule has 7 heteroatoms. The summed E-state index contributed by atoms with van der Waals surface area (Å²) >= 11 is 0. The van der Waals surface area contributed by atoms with E-state index in [0.717, 1.165) is 12.1 Å². The Morgan fingerprint density at radius 1 is 1.14 bits per heavy atom. The summed E-state index contributed by atoms with van der Waals surface area (Å²) < 4.78 is 46.5. The van der Waals surface area contributed by atoms with Crippen LogP contribution in [0, 0.1) is 5.82 Å². The molecule has 0 aliphatic rings. The van der Waals surface area contributed by atoms with Crippen molar-refractivity contribution in [2.24, 2.45) is 0 Å². The lowest BCUT2D eigenvalue weighted by atomic mass is 10.1. The van der Waals surface area contributed by atoms with Gasteiger partial charge in [-0.3, -0.25) is 4.79 Å². The van der Waals surface area contributed by atoms with Crippen molar-refractivity contribution in [1.82, 2.24) is 0 Å². The van der Waals surface area contributed by atoms with Crippen LogP contribution in [0.5, 0.6) is 5.75 Å². The van der Waals surface area contributed by atoms with Gasteiger partial charge in [-0.05, 0) is 35.9 Å². The quantitative estimate of drug-likeness (QED) is 0.623. The van der Waals surface area contributed by atoms with E-state index in [1.807, 2.05) is 0 Å². The third-order valence-corrected chi connectivity index (χ3v) is 4.03. The van der Waals surface area contributed by atoms with Gasteiger partial charge in [0.2, 0.25) is 0 Å². The first-order valence-corrected chi connectivity index (χ1v) is 7.67. The molecule has 2 aromatic carbocycles. The van der Waals surface area contributed by atoms with E-state index in [4.69, 9.17) is 4.18 Å². The smallest absolute Gasteiger partial charge is 0.339 e. The summed E-state index contributed by atoms with van der Waals surface area (Å²) in [5.41, 5.74) is 0.655.